The van der Waals surface area contributed by atoms with Gasteiger partial charge in [-0.15, -0.1) is 0 Å². The van der Waals surface area contributed by atoms with Gasteiger partial charge in [0.1, 0.15) is 0 Å². The maximum Gasteiger partial charge on any atom is 0.251 e. The number of likely N-dealkylation sites (tertiary alicyclic amines) is 1. The first kappa shape index (κ1) is 18.7. The van der Waals surface area contributed by atoms with Crippen LogP contribution >= 0.6 is 0 Å². The van der Waals surface area contributed by atoms with E-state index in [-0.39, 0.29) is 11.4 Å². The molecule has 1 heterocycles. The van der Waals surface area contributed by atoms with Gasteiger partial charge in [-0.2, -0.15) is 0 Å². The molecule has 3 nitrogen and oxygen atoms in total. The molecule has 0 atom stereocenters. The summed E-state index contributed by atoms with van der Waals surface area (Å²) in [4.78, 5) is 15.4. The minimum absolute atomic E-state index is 0.00947. The van der Waals surface area contributed by atoms with Crippen LogP contribution in [0.3, 0.4) is 0 Å². The van der Waals surface area contributed by atoms with Crippen molar-refractivity contribution in [2.24, 2.45) is 0 Å². The highest BCUT2D eigenvalue weighted by molar-refractivity contribution is 5.95. The summed E-state index contributed by atoms with van der Waals surface area (Å²) in [7, 11) is 0. The molecule has 3 heteroatoms. The minimum Gasteiger partial charge on any atom is -0.350 e. The van der Waals surface area contributed by atoms with E-state index in [1.54, 1.807) is 0 Å². The number of nitrogens with one attached hydrogen (secondary N) is 1. The van der Waals surface area contributed by atoms with Gasteiger partial charge in [-0.3, -0.25) is 9.69 Å². The number of hydrogen-bond acceptors (Lipinski definition) is 2. The molecule has 1 amide bonds. The predicted octanol–water partition coefficient (Wildman–Crippen LogP) is 4.27. The molecule has 2 aromatic rings. The van der Waals surface area contributed by atoms with E-state index in [4.69, 9.17) is 0 Å². The molecule has 1 N–H and O–H groups in total. The second kappa shape index (κ2) is 8.50. The Morgan fingerprint density at radius 3 is 2.35 bits per heavy atom. The number of benzene rings is 2. The Morgan fingerprint density at radius 1 is 0.962 bits per heavy atom. The zero-order chi connectivity index (χ0) is 18.4. The maximum absolute atomic E-state index is 12.9. The summed E-state index contributed by atoms with van der Waals surface area (Å²) in [6.45, 7) is 7.40. The molecule has 0 aliphatic carbocycles. The standard InChI is InChI=1S/C23H30N2O/c1-23(2,25-15-9-4-10-16-25)18-24-22(26)21-14-8-7-13-20(21)17-19-11-5-3-6-12-19/h3,5-8,11-14H,4,9-10,15-18H2,1-2H3,(H,24,26). The summed E-state index contributed by atoms with van der Waals surface area (Å²) in [5.74, 6) is 0.0293. The molecule has 0 bridgehead atoms. The summed E-state index contributed by atoms with van der Waals surface area (Å²) >= 11 is 0. The summed E-state index contributed by atoms with van der Waals surface area (Å²) in [6, 6.07) is 18.2. The molecule has 0 aromatic heterocycles. The molecular formula is C23H30N2O. The van der Waals surface area contributed by atoms with Crippen molar-refractivity contribution in [3.8, 4) is 0 Å². The van der Waals surface area contributed by atoms with Gasteiger partial charge in [0, 0.05) is 17.6 Å². The Morgan fingerprint density at radius 2 is 1.62 bits per heavy atom. The molecule has 1 fully saturated rings. The van der Waals surface area contributed by atoms with Crippen LogP contribution in [0, 0.1) is 0 Å². The Bertz CT molecular complexity index is 718. The molecule has 0 unspecified atom stereocenters. The molecule has 2 aromatic carbocycles. The lowest BCUT2D eigenvalue weighted by Gasteiger charge is -2.41. The lowest BCUT2D eigenvalue weighted by Crippen LogP contribution is -2.53. The third kappa shape index (κ3) is 4.73. The quantitative estimate of drug-likeness (QED) is 0.844. The van der Waals surface area contributed by atoms with Crippen LogP contribution in [0.15, 0.2) is 54.6 Å². The number of piperidine rings is 1. The molecule has 0 saturated carbocycles. The average molecular weight is 351 g/mol. The number of nitrogens with zero attached hydrogens (tertiary/aromatic N) is 1. The van der Waals surface area contributed by atoms with E-state index in [0.717, 1.165) is 30.6 Å². The van der Waals surface area contributed by atoms with Gasteiger partial charge in [-0.1, -0.05) is 55.0 Å². The predicted molar refractivity (Wildman–Crippen MR) is 108 cm³/mol. The first-order valence-electron chi connectivity index (χ1n) is 9.71. The van der Waals surface area contributed by atoms with Crippen LogP contribution in [0.5, 0.6) is 0 Å². The SMILES string of the molecule is CC(C)(CNC(=O)c1ccccc1Cc1ccccc1)N1CCCCC1. The molecule has 1 aliphatic rings. The van der Waals surface area contributed by atoms with Crippen molar-refractivity contribution < 1.29 is 4.79 Å². The fourth-order valence-electron chi connectivity index (χ4n) is 3.71. The normalized spacial score (nSPS) is 15.6. The van der Waals surface area contributed by atoms with E-state index in [1.807, 2.05) is 36.4 Å². The minimum atomic E-state index is -0.00947. The second-order valence-electron chi connectivity index (χ2n) is 7.86. The van der Waals surface area contributed by atoms with Gasteiger partial charge in [-0.05, 0) is 63.4 Å². The Hall–Kier alpha value is -2.13. The van der Waals surface area contributed by atoms with Crippen LogP contribution in [0.2, 0.25) is 0 Å². The number of rotatable bonds is 6. The number of carbonyl (C=O) groups is 1. The molecule has 0 radical (unpaired) electrons. The third-order valence-corrected chi connectivity index (χ3v) is 5.39. The Labute approximate surface area is 157 Å². The van der Waals surface area contributed by atoms with Gasteiger partial charge in [-0.25, -0.2) is 0 Å². The van der Waals surface area contributed by atoms with E-state index in [9.17, 15) is 4.79 Å². The van der Waals surface area contributed by atoms with Crippen LogP contribution in [-0.2, 0) is 6.42 Å². The molecule has 0 spiro atoms. The Balaban J connectivity index is 1.66. The maximum atomic E-state index is 12.9. The zero-order valence-electron chi connectivity index (χ0n) is 16.0. The highest BCUT2D eigenvalue weighted by Gasteiger charge is 2.28. The zero-order valence-corrected chi connectivity index (χ0v) is 16.0. The number of hydrogen-bond donors (Lipinski definition) is 1. The van der Waals surface area contributed by atoms with Crippen LogP contribution < -0.4 is 5.32 Å². The first-order valence-corrected chi connectivity index (χ1v) is 9.71. The summed E-state index contributed by atoms with van der Waals surface area (Å²) < 4.78 is 0. The topological polar surface area (TPSA) is 32.3 Å². The summed E-state index contributed by atoms with van der Waals surface area (Å²) in [6.07, 6.45) is 4.63. The third-order valence-electron chi connectivity index (χ3n) is 5.39. The highest BCUT2D eigenvalue weighted by atomic mass is 16.1. The first-order chi connectivity index (χ1) is 12.6. The molecule has 1 saturated heterocycles. The lowest BCUT2D eigenvalue weighted by atomic mass is 9.97. The van der Waals surface area contributed by atoms with Gasteiger partial charge in [0.05, 0.1) is 0 Å². The van der Waals surface area contributed by atoms with E-state index >= 15 is 0 Å². The lowest BCUT2D eigenvalue weighted by molar-refractivity contribution is 0.0797. The van der Waals surface area contributed by atoms with Gasteiger partial charge >= 0.3 is 0 Å². The number of amides is 1. The second-order valence-corrected chi connectivity index (χ2v) is 7.86. The molecule has 26 heavy (non-hydrogen) atoms. The largest absolute Gasteiger partial charge is 0.350 e. The van der Waals surface area contributed by atoms with Crippen molar-refractivity contribution in [1.82, 2.24) is 10.2 Å². The molecule has 1 aliphatic heterocycles. The molecular weight excluding hydrogens is 320 g/mol. The van der Waals surface area contributed by atoms with Crippen molar-refractivity contribution >= 4 is 5.91 Å². The van der Waals surface area contributed by atoms with E-state index < -0.39 is 0 Å². The van der Waals surface area contributed by atoms with Gasteiger partial charge in [0.25, 0.3) is 5.91 Å². The van der Waals surface area contributed by atoms with E-state index in [0.29, 0.717) is 6.54 Å². The molecule has 3 rings (SSSR count). The van der Waals surface area contributed by atoms with Crippen LogP contribution in [0.25, 0.3) is 0 Å². The van der Waals surface area contributed by atoms with Crippen LogP contribution in [-0.4, -0.2) is 36.0 Å². The smallest absolute Gasteiger partial charge is 0.251 e. The fourth-order valence-corrected chi connectivity index (χ4v) is 3.71. The van der Waals surface area contributed by atoms with E-state index in [2.05, 4.69) is 42.3 Å². The molecule has 138 valence electrons. The fraction of sp³-hybridized carbons (Fsp3) is 0.435. The van der Waals surface area contributed by atoms with Crippen LogP contribution in [0.1, 0.15) is 54.6 Å². The van der Waals surface area contributed by atoms with Crippen molar-refractivity contribution in [3.05, 3.63) is 71.3 Å². The van der Waals surface area contributed by atoms with Crippen molar-refractivity contribution in [1.29, 1.82) is 0 Å². The average Bonchev–Trinajstić information content (AvgIpc) is 2.68. The van der Waals surface area contributed by atoms with Crippen molar-refractivity contribution in [2.45, 2.75) is 45.1 Å². The van der Waals surface area contributed by atoms with Crippen molar-refractivity contribution in [2.75, 3.05) is 19.6 Å². The van der Waals surface area contributed by atoms with E-state index in [1.165, 1.54) is 24.8 Å². The van der Waals surface area contributed by atoms with Crippen LogP contribution in [0.4, 0.5) is 0 Å². The van der Waals surface area contributed by atoms with Gasteiger partial charge < -0.3 is 5.32 Å². The summed E-state index contributed by atoms with van der Waals surface area (Å²) in [5.41, 5.74) is 3.07. The highest BCUT2D eigenvalue weighted by Crippen LogP contribution is 2.20. The van der Waals surface area contributed by atoms with Gasteiger partial charge in [0.2, 0.25) is 0 Å². The Kier molecular flexibility index (Phi) is 6.10. The number of carbonyl (C=O) groups excluding carboxylic acids is 1. The monoisotopic (exact) mass is 350 g/mol. The van der Waals surface area contributed by atoms with Gasteiger partial charge in [0.15, 0.2) is 0 Å². The van der Waals surface area contributed by atoms with Crippen molar-refractivity contribution in [3.63, 3.8) is 0 Å². The summed E-state index contributed by atoms with van der Waals surface area (Å²) in [5, 5.41) is 3.18.